The summed E-state index contributed by atoms with van der Waals surface area (Å²) < 4.78 is 37.8. The van der Waals surface area contributed by atoms with Crippen molar-refractivity contribution in [3.05, 3.63) is 35.4 Å². The van der Waals surface area contributed by atoms with Gasteiger partial charge in [-0.2, -0.15) is 18.4 Å². The molecule has 0 unspecified atom stereocenters. The lowest BCUT2D eigenvalue weighted by Gasteiger charge is -2.15. The topological polar surface area (TPSA) is 90.2 Å². The summed E-state index contributed by atoms with van der Waals surface area (Å²) in [6.07, 6.45) is -4.98. The van der Waals surface area contributed by atoms with E-state index in [1.807, 2.05) is 6.07 Å². The Labute approximate surface area is 130 Å². The summed E-state index contributed by atoms with van der Waals surface area (Å²) in [5, 5.41) is 19.9. The predicted octanol–water partition coefficient (Wildman–Crippen LogP) is 2.37. The number of amides is 1. The van der Waals surface area contributed by atoms with Gasteiger partial charge in [-0.05, 0) is 25.0 Å². The molecule has 0 saturated heterocycles. The van der Waals surface area contributed by atoms with Gasteiger partial charge in [0.05, 0.1) is 18.1 Å². The minimum atomic E-state index is -4.52. The molecule has 0 heterocycles. The number of alkyl halides is 3. The van der Waals surface area contributed by atoms with Crippen molar-refractivity contribution in [1.29, 1.82) is 5.26 Å². The molecule has 1 rings (SSSR count). The third-order valence-electron chi connectivity index (χ3n) is 3.06. The average Bonchev–Trinajstić information content (AvgIpc) is 2.45. The third kappa shape index (κ3) is 5.98. The summed E-state index contributed by atoms with van der Waals surface area (Å²) >= 11 is 0. The first-order valence-corrected chi connectivity index (χ1v) is 6.71. The maximum absolute atomic E-state index is 12.6. The molecule has 2 atom stereocenters. The summed E-state index contributed by atoms with van der Waals surface area (Å²) in [5.41, 5.74) is -0.759. The van der Waals surface area contributed by atoms with Crippen molar-refractivity contribution in [3.63, 3.8) is 0 Å². The fourth-order valence-corrected chi connectivity index (χ4v) is 1.92. The van der Waals surface area contributed by atoms with Gasteiger partial charge in [-0.25, -0.2) is 4.79 Å². The summed E-state index contributed by atoms with van der Waals surface area (Å²) in [4.78, 5) is 22.9. The summed E-state index contributed by atoms with van der Waals surface area (Å²) in [6.45, 7) is 1.51. The van der Waals surface area contributed by atoms with Gasteiger partial charge >= 0.3 is 12.1 Å². The largest absolute Gasteiger partial charge is 0.480 e. The van der Waals surface area contributed by atoms with Crippen LogP contribution in [0.15, 0.2) is 24.3 Å². The highest BCUT2D eigenvalue weighted by atomic mass is 19.4. The van der Waals surface area contributed by atoms with Crippen molar-refractivity contribution in [2.45, 2.75) is 32.0 Å². The van der Waals surface area contributed by atoms with E-state index in [9.17, 15) is 22.8 Å². The lowest BCUT2D eigenvalue weighted by molar-refractivity contribution is -0.142. The van der Waals surface area contributed by atoms with Gasteiger partial charge in [0.25, 0.3) is 0 Å². The highest BCUT2D eigenvalue weighted by Gasteiger charge is 2.30. The highest BCUT2D eigenvalue weighted by Crippen LogP contribution is 2.29. The van der Waals surface area contributed by atoms with E-state index in [2.05, 4.69) is 5.32 Å². The Morgan fingerprint density at radius 2 is 2.04 bits per heavy atom. The Morgan fingerprint density at radius 1 is 1.39 bits per heavy atom. The van der Waals surface area contributed by atoms with Gasteiger partial charge in [0.1, 0.15) is 6.04 Å². The van der Waals surface area contributed by atoms with Crippen LogP contribution in [0.4, 0.5) is 13.2 Å². The van der Waals surface area contributed by atoms with Crippen LogP contribution in [-0.4, -0.2) is 23.0 Å². The average molecular weight is 328 g/mol. The summed E-state index contributed by atoms with van der Waals surface area (Å²) in [5.74, 6) is -2.60. The molecule has 0 aliphatic rings. The number of benzene rings is 1. The predicted molar refractivity (Wildman–Crippen MR) is 74.1 cm³/mol. The first kappa shape index (κ1) is 18.5. The van der Waals surface area contributed by atoms with Crippen molar-refractivity contribution in [1.82, 2.24) is 5.32 Å². The molecule has 124 valence electrons. The number of halogens is 3. The lowest BCUT2D eigenvalue weighted by atomic mass is 10.0. The molecule has 1 amide bonds. The Kier molecular flexibility index (Phi) is 6.13. The monoisotopic (exact) mass is 328 g/mol. The van der Waals surface area contributed by atoms with Crippen molar-refractivity contribution in [3.8, 4) is 6.07 Å². The van der Waals surface area contributed by atoms with Crippen LogP contribution in [0.5, 0.6) is 0 Å². The molecule has 5 nitrogen and oxygen atoms in total. The highest BCUT2D eigenvalue weighted by molar-refractivity contribution is 5.84. The van der Waals surface area contributed by atoms with E-state index in [0.717, 1.165) is 12.1 Å². The Morgan fingerprint density at radius 3 is 2.57 bits per heavy atom. The molecule has 0 aliphatic carbocycles. The second kappa shape index (κ2) is 7.63. The smallest absolute Gasteiger partial charge is 0.416 e. The number of aliphatic carboxylic acids is 1. The first-order valence-electron chi connectivity index (χ1n) is 6.71. The van der Waals surface area contributed by atoms with Crippen LogP contribution in [0.3, 0.4) is 0 Å². The standard InChI is InChI=1S/C15H15F3N2O3/c1-9(8-19)5-12(14(22)23)20-13(21)7-10-3-2-4-11(6-10)15(16,17)18/h2-4,6,9,12H,5,7H2,1H3,(H,20,21)(H,22,23)/t9-,12-/m1/s1. The van der Waals surface area contributed by atoms with Crippen LogP contribution in [-0.2, 0) is 22.2 Å². The van der Waals surface area contributed by atoms with Crippen molar-refractivity contribution in [2.24, 2.45) is 5.92 Å². The molecule has 0 aliphatic heterocycles. The molecule has 2 N–H and O–H groups in total. The van der Waals surface area contributed by atoms with Crippen LogP contribution in [0.1, 0.15) is 24.5 Å². The fraction of sp³-hybridized carbons (Fsp3) is 0.400. The molecular formula is C15H15F3N2O3. The molecule has 0 fully saturated rings. The minimum Gasteiger partial charge on any atom is -0.480 e. The number of carboxylic acids is 1. The number of carbonyl (C=O) groups excluding carboxylic acids is 1. The van der Waals surface area contributed by atoms with Crippen LogP contribution < -0.4 is 5.32 Å². The third-order valence-corrected chi connectivity index (χ3v) is 3.06. The van der Waals surface area contributed by atoms with Crippen LogP contribution in [0.25, 0.3) is 0 Å². The van der Waals surface area contributed by atoms with Gasteiger partial charge in [-0.15, -0.1) is 0 Å². The van der Waals surface area contributed by atoms with E-state index in [1.54, 1.807) is 0 Å². The Hall–Kier alpha value is -2.56. The number of hydrogen-bond acceptors (Lipinski definition) is 3. The quantitative estimate of drug-likeness (QED) is 0.839. The number of nitriles is 1. The molecule has 1 aromatic rings. The van der Waals surface area contributed by atoms with Gasteiger partial charge in [-0.3, -0.25) is 4.79 Å². The second-order valence-corrected chi connectivity index (χ2v) is 5.10. The number of nitrogens with zero attached hydrogens (tertiary/aromatic N) is 1. The van der Waals surface area contributed by atoms with E-state index in [4.69, 9.17) is 10.4 Å². The molecule has 0 radical (unpaired) electrons. The zero-order valence-electron chi connectivity index (χ0n) is 12.2. The lowest BCUT2D eigenvalue weighted by Crippen LogP contribution is -2.42. The minimum absolute atomic E-state index is 0.0832. The molecule has 0 spiro atoms. The van der Waals surface area contributed by atoms with Gasteiger partial charge < -0.3 is 10.4 Å². The fourth-order valence-electron chi connectivity index (χ4n) is 1.92. The maximum Gasteiger partial charge on any atom is 0.416 e. The van der Waals surface area contributed by atoms with Gasteiger partial charge in [-0.1, -0.05) is 18.2 Å². The number of rotatable bonds is 6. The zero-order chi connectivity index (χ0) is 17.6. The number of carboxylic acid groups (broad SMARTS) is 1. The van der Waals surface area contributed by atoms with E-state index in [1.165, 1.54) is 19.1 Å². The van der Waals surface area contributed by atoms with Crippen molar-refractivity contribution >= 4 is 11.9 Å². The number of nitrogens with one attached hydrogen (secondary N) is 1. The van der Waals surface area contributed by atoms with E-state index < -0.39 is 35.6 Å². The van der Waals surface area contributed by atoms with Crippen molar-refractivity contribution < 1.29 is 27.9 Å². The molecule has 8 heteroatoms. The molecular weight excluding hydrogens is 313 g/mol. The number of hydrogen-bond donors (Lipinski definition) is 2. The maximum atomic E-state index is 12.6. The normalized spacial score (nSPS) is 13.7. The van der Waals surface area contributed by atoms with Crippen molar-refractivity contribution in [2.75, 3.05) is 0 Å². The van der Waals surface area contributed by atoms with E-state index >= 15 is 0 Å². The first-order chi connectivity index (χ1) is 10.6. The SMILES string of the molecule is C[C@@H](C#N)C[C@@H](NC(=O)Cc1cccc(C(F)(F)F)c1)C(=O)O. The molecule has 23 heavy (non-hydrogen) atoms. The second-order valence-electron chi connectivity index (χ2n) is 5.10. The molecule has 1 aromatic carbocycles. The molecule has 0 saturated carbocycles. The van der Waals surface area contributed by atoms with Gasteiger partial charge in [0.2, 0.25) is 5.91 Å². The Balaban J connectivity index is 2.76. The van der Waals surface area contributed by atoms with Crippen LogP contribution >= 0.6 is 0 Å². The van der Waals surface area contributed by atoms with E-state index in [-0.39, 0.29) is 18.4 Å². The Bertz CT molecular complexity index is 623. The van der Waals surface area contributed by atoms with Crippen LogP contribution in [0, 0.1) is 17.2 Å². The summed E-state index contributed by atoms with van der Waals surface area (Å²) in [6, 6.07) is 4.85. The molecule has 0 bridgehead atoms. The molecule has 0 aromatic heterocycles. The zero-order valence-corrected chi connectivity index (χ0v) is 12.2. The summed E-state index contributed by atoms with van der Waals surface area (Å²) in [7, 11) is 0. The van der Waals surface area contributed by atoms with Crippen LogP contribution in [0.2, 0.25) is 0 Å². The van der Waals surface area contributed by atoms with E-state index in [0.29, 0.717) is 0 Å². The number of carbonyl (C=O) groups is 2. The van der Waals surface area contributed by atoms with Gasteiger partial charge in [0.15, 0.2) is 0 Å². The van der Waals surface area contributed by atoms with Gasteiger partial charge in [0, 0.05) is 5.92 Å².